The molecule has 36 heavy (non-hydrogen) atoms. The first-order chi connectivity index (χ1) is 17.3. The van der Waals surface area contributed by atoms with E-state index < -0.39 is 23.6 Å². The van der Waals surface area contributed by atoms with Gasteiger partial charge < -0.3 is 4.74 Å². The highest BCUT2D eigenvalue weighted by Gasteiger charge is 2.40. The lowest BCUT2D eigenvalue weighted by molar-refractivity contribution is -0.134. The van der Waals surface area contributed by atoms with Gasteiger partial charge in [-0.15, -0.1) is 0 Å². The number of ether oxygens (including phenoxy) is 1. The van der Waals surface area contributed by atoms with Crippen LogP contribution in [-0.4, -0.2) is 24.0 Å². The van der Waals surface area contributed by atoms with E-state index in [0.717, 1.165) is 24.2 Å². The molecule has 0 saturated heterocycles. The fourth-order valence-corrected chi connectivity index (χ4v) is 4.17. The summed E-state index contributed by atoms with van der Waals surface area (Å²) in [6.45, 7) is 6.19. The van der Waals surface area contributed by atoms with Crippen LogP contribution in [0, 0.1) is 17.7 Å². The molecule has 3 aromatic carbocycles. The third kappa shape index (κ3) is 6.97. The van der Waals surface area contributed by atoms with Gasteiger partial charge >= 0.3 is 0 Å². The number of carbonyl (C=O) groups is 3. The molecule has 0 aromatic heterocycles. The number of halogens is 1. The minimum absolute atomic E-state index is 0.0123. The van der Waals surface area contributed by atoms with Crippen molar-refractivity contribution >= 4 is 17.3 Å². The molecule has 2 atom stereocenters. The first kappa shape index (κ1) is 27.0. The van der Waals surface area contributed by atoms with Gasteiger partial charge in [0, 0.05) is 17.9 Å². The molecule has 3 aromatic rings. The average molecular weight is 489 g/mol. The maximum atomic E-state index is 13.7. The fourth-order valence-electron chi connectivity index (χ4n) is 4.17. The molecule has 4 nitrogen and oxygen atoms in total. The van der Waals surface area contributed by atoms with E-state index in [0.29, 0.717) is 12.2 Å². The van der Waals surface area contributed by atoms with Gasteiger partial charge in [-0.25, -0.2) is 4.39 Å². The zero-order valence-corrected chi connectivity index (χ0v) is 21.1. The molecular formula is C31H33FO4. The van der Waals surface area contributed by atoms with Crippen molar-refractivity contribution in [3.8, 4) is 5.75 Å². The maximum absolute atomic E-state index is 13.7. The summed E-state index contributed by atoms with van der Waals surface area (Å²) in [5, 5.41) is 0. The van der Waals surface area contributed by atoms with E-state index in [1.54, 1.807) is 38.1 Å². The Bertz CT molecular complexity index is 1150. The fraction of sp³-hybridized carbons (Fsp3) is 0.323. The number of unbranched alkanes of at least 4 members (excludes halogenated alkanes) is 1. The summed E-state index contributed by atoms with van der Waals surface area (Å²) in [5.74, 6) is -3.34. The minimum Gasteiger partial charge on any atom is -0.494 e. The molecule has 0 aliphatic heterocycles. The number of rotatable bonds is 13. The van der Waals surface area contributed by atoms with Crippen LogP contribution in [0.15, 0.2) is 78.9 Å². The molecule has 0 heterocycles. The highest BCUT2D eigenvalue weighted by atomic mass is 19.1. The third-order valence-electron chi connectivity index (χ3n) is 6.19. The van der Waals surface area contributed by atoms with Gasteiger partial charge in [0.1, 0.15) is 23.1 Å². The van der Waals surface area contributed by atoms with Crippen molar-refractivity contribution in [3.05, 3.63) is 101 Å². The Balaban J connectivity index is 1.95. The van der Waals surface area contributed by atoms with Gasteiger partial charge in [-0.3, -0.25) is 14.4 Å². The Morgan fingerprint density at radius 2 is 1.50 bits per heavy atom. The molecule has 3 rings (SSSR count). The summed E-state index contributed by atoms with van der Waals surface area (Å²) in [6.07, 6.45) is 2.01. The van der Waals surface area contributed by atoms with Crippen LogP contribution >= 0.6 is 0 Å². The van der Waals surface area contributed by atoms with Crippen LogP contribution in [0.1, 0.15) is 61.0 Å². The Labute approximate surface area is 212 Å². The van der Waals surface area contributed by atoms with Crippen LogP contribution in [-0.2, 0) is 16.0 Å². The molecular weight excluding hydrogens is 455 g/mol. The number of benzene rings is 3. The molecule has 0 fully saturated rings. The molecule has 0 N–H and O–H groups in total. The summed E-state index contributed by atoms with van der Waals surface area (Å²) in [5.41, 5.74) is 1.58. The summed E-state index contributed by atoms with van der Waals surface area (Å²) < 4.78 is 19.2. The van der Waals surface area contributed by atoms with E-state index in [9.17, 15) is 18.8 Å². The second kappa shape index (κ2) is 12.9. The number of ketones is 3. The van der Waals surface area contributed by atoms with Crippen LogP contribution in [0.3, 0.4) is 0 Å². The van der Waals surface area contributed by atoms with Crippen LogP contribution < -0.4 is 4.74 Å². The largest absolute Gasteiger partial charge is 0.494 e. The third-order valence-corrected chi connectivity index (χ3v) is 6.19. The van der Waals surface area contributed by atoms with Crippen molar-refractivity contribution in [3.63, 3.8) is 0 Å². The zero-order valence-electron chi connectivity index (χ0n) is 21.1. The molecule has 0 saturated carbocycles. The van der Waals surface area contributed by atoms with E-state index in [1.165, 1.54) is 24.3 Å². The molecule has 5 heteroatoms. The van der Waals surface area contributed by atoms with E-state index in [2.05, 4.69) is 6.92 Å². The summed E-state index contributed by atoms with van der Waals surface area (Å²) in [7, 11) is 0. The predicted molar refractivity (Wildman–Crippen MR) is 139 cm³/mol. The SMILES string of the molecule is CCCCOc1ccc(CC(=O)C(C(=O)C(C)C)C(C(=O)c2ccc(F)cc2)c2ccccc2)cc1. The van der Waals surface area contributed by atoms with Crippen LogP contribution in [0.25, 0.3) is 0 Å². The molecule has 0 bridgehead atoms. The van der Waals surface area contributed by atoms with Crippen molar-refractivity contribution < 1.29 is 23.5 Å². The monoisotopic (exact) mass is 488 g/mol. The Morgan fingerprint density at radius 3 is 2.08 bits per heavy atom. The molecule has 0 radical (unpaired) electrons. The van der Waals surface area contributed by atoms with E-state index >= 15 is 0 Å². The van der Waals surface area contributed by atoms with Gasteiger partial charge in [0.05, 0.1) is 18.4 Å². The van der Waals surface area contributed by atoms with Gasteiger partial charge in [-0.05, 0) is 53.9 Å². The zero-order chi connectivity index (χ0) is 26.1. The Kier molecular flexibility index (Phi) is 9.69. The number of carbonyl (C=O) groups excluding carboxylic acids is 3. The molecule has 0 aliphatic carbocycles. The summed E-state index contributed by atoms with van der Waals surface area (Å²) in [4.78, 5) is 40.8. The highest BCUT2D eigenvalue weighted by molar-refractivity contribution is 6.12. The Hall–Kier alpha value is -3.60. The van der Waals surface area contributed by atoms with Gasteiger partial charge in [0.25, 0.3) is 0 Å². The van der Waals surface area contributed by atoms with Gasteiger partial charge in [-0.2, -0.15) is 0 Å². The minimum atomic E-state index is -1.16. The maximum Gasteiger partial charge on any atom is 0.171 e. The van der Waals surface area contributed by atoms with Crippen LogP contribution in [0.4, 0.5) is 4.39 Å². The van der Waals surface area contributed by atoms with E-state index in [4.69, 9.17) is 4.74 Å². The Morgan fingerprint density at radius 1 is 0.861 bits per heavy atom. The number of hydrogen-bond donors (Lipinski definition) is 0. The van der Waals surface area contributed by atoms with Crippen molar-refractivity contribution in [1.29, 1.82) is 0 Å². The normalized spacial score (nSPS) is 12.7. The van der Waals surface area contributed by atoms with E-state index in [-0.39, 0.29) is 29.3 Å². The van der Waals surface area contributed by atoms with Crippen LogP contribution in [0.5, 0.6) is 5.75 Å². The van der Waals surface area contributed by atoms with Gasteiger partial charge in [0.2, 0.25) is 0 Å². The second-order valence-electron chi connectivity index (χ2n) is 9.28. The topological polar surface area (TPSA) is 60.4 Å². The predicted octanol–water partition coefficient (Wildman–Crippen LogP) is 6.62. The summed E-state index contributed by atoms with van der Waals surface area (Å²) >= 11 is 0. The second-order valence-corrected chi connectivity index (χ2v) is 9.28. The lowest BCUT2D eigenvalue weighted by atomic mass is 9.73. The summed E-state index contributed by atoms with van der Waals surface area (Å²) in [6, 6.07) is 21.3. The van der Waals surface area contributed by atoms with Crippen LogP contribution in [0.2, 0.25) is 0 Å². The lowest BCUT2D eigenvalue weighted by Gasteiger charge is -2.26. The average Bonchev–Trinajstić information content (AvgIpc) is 2.88. The van der Waals surface area contributed by atoms with Gasteiger partial charge in [-0.1, -0.05) is 69.7 Å². The lowest BCUT2D eigenvalue weighted by Crippen LogP contribution is -2.37. The van der Waals surface area contributed by atoms with E-state index in [1.807, 2.05) is 30.3 Å². The first-order valence-electron chi connectivity index (χ1n) is 12.4. The van der Waals surface area contributed by atoms with Crippen molar-refractivity contribution in [2.45, 2.75) is 46.0 Å². The molecule has 0 amide bonds. The highest BCUT2D eigenvalue weighted by Crippen LogP contribution is 2.33. The standard InChI is InChI=1S/C31H33FO4/c1-4-5-19-36-26-17-11-22(12-18-26)20-27(33)29(30(34)21(2)3)28(23-9-7-6-8-10-23)31(35)24-13-15-25(32)16-14-24/h6-18,21,28-29H,4-5,19-20H2,1-3H3. The molecule has 0 spiro atoms. The van der Waals surface area contributed by atoms with Gasteiger partial charge in [0.15, 0.2) is 5.78 Å². The van der Waals surface area contributed by atoms with Crippen molar-refractivity contribution in [2.75, 3.05) is 6.61 Å². The molecule has 188 valence electrons. The number of Topliss-reactive ketones (excluding diaryl/α,β-unsaturated/α-hetero) is 3. The van der Waals surface area contributed by atoms with Crippen molar-refractivity contribution in [1.82, 2.24) is 0 Å². The number of hydrogen-bond acceptors (Lipinski definition) is 4. The first-order valence-corrected chi connectivity index (χ1v) is 12.4. The molecule has 0 aliphatic rings. The quantitative estimate of drug-likeness (QED) is 0.154. The smallest absolute Gasteiger partial charge is 0.171 e. The molecule has 2 unspecified atom stereocenters. The van der Waals surface area contributed by atoms with Crippen molar-refractivity contribution in [2.24, 2.45) is 11.8 Å².